The predicted molar refractivity (Wildman–Crippen MR) is 80.9 cm³/mol. The number of rotatable bonds is 2. The molecule has 1 aromatic rings. The number of carbonyl (C=O) groups is 1. The highest BCUT2D eigenvalue weighted by molar-refractivity contribution is 5.84. The number of anilines is 1. The van der Waals surface area contributed by atoms with Gasteiger partial charge in [-0.25, -0.2) is 4.79 Å². The molecule has 1 amide bonds. The zero-order chi connectivity index (χ0) is 14.5. The number of hydrogen-bond acceptors (Lipinski definition) is 3. The van der Waals surface area contributed by atoms with Gasteiger partial charge in [0.05, 0.1) is 0 Å². The van der Waals surface area contributed by atoms with Crippen molar-refractivity contribution < 1.29 is 9.53 Å². The lowest BCUT2D eigenvalue weighted by Gasteiger charge is -2.59. The average molecular weight is 286 g/mol. The largest absolute Gasteiger partial charge is 0.443 e. The summed E-state index contributed by atoms with van der Waals surface area (Å²) in [5.41, 5.74) is 6.87. The summed E-state index contributed by atoms with van der Waals surface area (Å²) in [5, 5.41) is 2.83. The highest BCUT2D eigenvalue weighted by atomic mass is 16.6. The van der Waals surface area contributed by atoms with Crippen LogP contribution in [0.5, 0.6) is 0 Å². The molecule has 5 rings (SSSR count). The van der Waals surface area contributed by atoms with Crippen molar-refractivity contribution in [3.05, 3.63) is 30.3 Å². The fraction of sp³-hybridized carbons (Fsp3) is 0.588. The summed E-state index contributed by atoms with van der Waals surface area (Å²) in [7, 11) is 0. The maximum absolute atomic E-state index is 12.2. The lowest BCUT2D eigenvalue weighted by Crippen LogP contribution is -2.64. The first-order valence-corrected chi connectivity index (χ1v) is 7.88. The Bertz CT molecular complexity index is 543. The summed E-state index contributed by atoms with van der Waals surface area (Å²) in [6, 6.07) is 9.45. The number of ether oxygens (including phenoxy) is 1. The van der Waals surface area contributed by atoms with E-state index in [1.165, 1.54) is 6.42 Å². The molecular weight excluding hydrogens is 264 g/mol. The van der Waals surface area contributed by atoms with Crippen molar-refractivity contribution in [3.63, 3.8) is 0 Å². The molecule has 21 heavy (non-hydrogen) atoms. The molecule has 2 unspecified atom stereocenters. The van der Waals surface area contributed by atoms with E-state index >= 15 is 0 Å². The molecule has 3 N–H and O–H groups in total. The van der Waals surface area contributed by atoms with Crippen LogP contribution < -0.4 is 11.1 Å². The molecule has 4 nitrogen and oxygen atoms in total. The Morgan fingerprint density at radius 2 is 1.81 bits per heavy atom. The minimum atomic E-state index is -0.341. The quantitative estimate of drug-likeness (QED) is 0.877. The van der Waals surface area contributed by atoms with Gasteiger partial charge in [-0.05, 0) is 56.1 Å². The van der Waals surface area contributed by atoms with E-state index in [2.05, 4.69) is 5.32 Å². The zero-order valence-electron chi connectivity index (χ0n) is 12.2. The van der Waals surface area contributed by atoms with E-state index in [1.54, 1.807) is 0 Å². The van der Waals surface area contributed by atoms with Crippen molar-refractivity contribution in [2.75, 3.05) is 5.32 Å². The first-order valence-electron chi connectivity index (χ1n) is 7.88. The molecule has 1 aromatic carbocycles. The third-order valence-electron chi connectivity index (χ3n) is 5.38. The van der Waals surface area contributed by atoms with E-state index in [0.717, 1.165) is 37.8 Å². The monoisotopic (exact) mass is 286 g/mol. The number of nitrogens with one attached hydrogen (secondary N) is 1. The van der Waals surface area contributed by atoms with Gasteiger partial charge in [0, 0.05) is 17.6 Å². The van der Waals surface area contributed by atoms with Gasteiger partial charge in [0.2, 0.25) is 0 Å². The van der Waals surface area contributed by atoms with Crippen molar-refractivity contribution >= 4 is 11.8 Å². The first-order chi connectivity index (χ1) is 10.0. The van der Waals surface area contributed by atoms with Crippen molar-refractivity contribution in [2.24, 2.45) is 17.6 Å². The number of nitrogens with two attached hydrogens (primary N) is 1. The van der Waals surface area contributed by atoms with E-state index in [0.29, 0.717) is 11.8 Å². The van der Waals surface area contributed by atoms with Gasteiger partial charge >= 0.3 is 6.09 Å². The summed E-state index contributed by atoms with van der Waals surface area (Å²) in [6.07, 6.45) is 5.95. The van der Waals surface area contributed by atoms with Crippen LogP contribution >= 0.6 is 0 Å². The van der Waals surface area contributed by atoms with Crippen LogP contribution in [-0.4, -0.2) is 17.2 Å². The Hall–Kier alpha value is -1.55. The molecule has 0 saturated heterocycles. The second-order valence-corrected chi connectivity index (χ2v) is 7.39. The molecule has 0 aromatic heterocycles. The zero-order valence-corrected chi connectivity index (χ0v) is 12.2. The highest BCUT2D eigenvalue weighted by Gasteiger charge is 2.58. The normalized spacial score (nSPS) is 40.0. The van der Waals surface area contributed by atoms with Gasteiger partial charge in [0.15, 0.2) is 0 Å². The Morgan fingerprint density at radius 3 is 2.43 bits per heavy atom. The molecule has 4 bridgehead atoms. The van der Waals surface area contributed by atoms with E-state index in [-0.39, 0.29) is 17.2 Å². The number of para-hydroxylation sites is 1. The van der Waals surface area contributed by atoms with Crippen LogP contribution in [0.2, 0.25) is 0 Å². The molecular formula is C17H22N2O2. The Labute approximate surface area is 125 Å². The molecule has 4 heteroatoms. The molecule has 4 aliphatic carbocycles. The number of benzene rings is 1. The minimum absolute atomic E-state index is 0.100. The van der Waals surface area contributed by atoms with Crippen molar-refractivity contribution in [1.82, 2.24) is 0 Å². The second-order valence-electron chi connectivity index (χ2n) is 7.39. The fourth-order valence-electron chi connectivity index (χ4n) is 5.23. The van der Waals surface area contributed by atoms with Crippen molar-refractivity contribution in [3.8, 4) is 0 Å². The van der Waals surface area contributed by atoms with Gasteiger partial charge in [-0.15, -0.1) is 0 Å². The molecule has 112 valence electrons. The van der Waals surface area contributed by atoms with Crippen LogP contribution in [0.25, 0.3) is 0 Å². The van der Waals surface area contributed by atoms with Gasteiger partial charge in [-0.1, -0.05) is 18.2 Å². The second kappa shape index (κ2) is 4.47. The SMILES string of the molecule is NC12CC3CC(C1)CC(OC(=O)Nc1ccccc1)(C3)C2. The minimum Gasteiger partial charge on any atom is -0.443 e. The van der Waals surface area contributed by atoms with E-state index in [1.807, 2.05) is 30.3 Å². The van der Waals surface area contributed by atoms with Crippen LogP contribution in [-0.2, 0) is 4.74 Å². The molecule has 4 fully saturated rings. The van der Waals surface area contributed by atoms with Crippen LogP contribution in [0.4, 0.5) is 10.5 Å². The fourth-order valence-corrected chi connectivity index (χ4v) is 5.23. The number of hydrogen-bond donors (Lipinski definition) is 2. The van der Waals surface area contributed by atoms with Gasteiger partial charge in [0.1, 0.15) is 5.60 Å². The molecule has 4 saturated carbocycles. The van der Waals surface area contributed by atoms with Gasteiger partial charge in [0.25, 0.3) is 0 Å². The first kappa shape index (κ1) is 13.1. The smallest absolute Gasteiger partial charge is 0.412 e. The molecule has 0 radical (unpaired) electrons. The lowest BCUT2D eigenvalue weighted by molar-refractivity contribution is -0.132. The average Bonchev–Trinajstić information content (AvgIpc) is 2.35. The molecule has 0 spiro atoms. The van der Waals surface area contributed by atoms with E-state index < -0.39 is 0 Å². The van der Waals surface area contributed by atoms with Gasteiger partial charge in [-0.3, -0.25) is 5.32 Å². The lowest BCUT2D eigenvalue weighted by atomic mass is 9.51. The summed E-state index contributed by atoms with van der Waals surface area (Å²) in [6.45, 7) is 0. The maximum atomic E-state index is 12.2. The molecule has 0 aliphatic heterocycles. The molecule has 2 atom stereocenters. The maximum Gasteiger partial charge on any atom is 0.412 e. The molecule has 4 aliphatic rings. The third kappa shape index (κ3) is 2.42. The Balaban J connectivity index is 1.48. The van der Waals surface area contributed by atoms with Gasteiger partial charge < -0.3 is 10.5 Å². The van der Waals surface area contributed by atoms with Gasteiger partial charge in [-0.2, -0.15) is 0 Å². The predicted octanol–water partition coefficient (Wildman–Crippen LogP) is 3.29. The Morgan fingerprint density at radius 1 is 1.14 bits per heavy atom. The number of amides is 1. The van der Waals surface area contributed by atoms with Crippen LogP contribution in [0, 0.1) is 11.8 Å². The standard InChI is InChI=1S/C17H22N2O2/c18-16-7-12-6-13(8-16)10-17(9-12,11-16)21-15(20)19-14-4-2-1-3-5-14/h1-5,12-13H,6-11,18H2,(H,19,20). The summed E-state index contributed by atoms with van der Waals surface area (Å²) in [4.78, 5) is 12.2. The van der Waals surface area contributed by atoms with E-state index in [9.17, 15) is 4.79 Å². The van der Waals surface area contributed by atoms with Crippen LogP contribution in [0.15, 0.2) is 30.3 Å². The van der Waals surface area contributed by atoms with Crippen molar-refractivity contribution in [2.45, 2.75) is 49.7 Å². The van der Waals surface area contributed by atoms with Crippen molar-refractivity contribution in [1.29, 1.82) is 0 Å². The Kier molecular flexibility index (Phi) is 2.80. The van der Waals surface area contributed by atoms with Crippen LogP contribution in [0.1, 0.15) is 38.5 Å². The highest BCUT2D eigenvalue weighted by Crippen LogP contribution is 2.58. The topological polar surface area (TPSA) is 64.3 Å². The molecule has 0 heterocycles. The number of carbonyl (C=O) groups excluding carboxylic acids is 1. The summed E-state index contributed by atoms with van der Waals surface area (Å²) in [5.74, 6) is 1.28. The summed E-state index contributed by atoms with van der Waals surface area (Å²) < 4.78 is 5.89. The van der Waals surface area contributed by atoms with E-state index in [4.69, 9.17) is 10.5 Å². The van der Waals surface area contributed by atoms with Crippen LogP contribution in [0.3, 0.4) is 0 Å². The third-order valence-corrected chi connectivity index (χ3v) is 5.38. The summed E-state index contributed by atoms with van der Waals surface area (Å²) >= 11 is 0.